The number of hydrogen-bond acceptors (Lipinski definition) is 4. The van der Waals surface area contributed by atoms with Crippen molar-refractivity contribution in [3.05, 3.63) is 63.6 Å². The van der Waals surface area contributed by atoms with E-state index in [1.165, 1.54) is 4.31 Å². The van der Waals surface area contributed by atoms with Gasteiger partial charge in [-0.25, -0.2) is 12.7 Å². The second-order valence-electron chi connectivity index (χ2n) is 7.66. The van der Waals surface area contributed by atoms with Gasteiger partial charge in [0.25, 0.3) is 0 Å². The summed E-state index contributed by atoms with van der Waals surface area (Å²) in [5.74, 6) is 0.0489. The van der Waals surface area contributed by atoms with Gasteiger partial charge in [-0.2, -0.15) is 0 Å². The predicted octanol–water partition coefficient (Wildman–Crippen LogP) is 4.04. The Labute approximate surface area is 193 Å². The van der Waals surface area contributed by atoms with Crippen LogP contribution in [0.3, 0.4) is 0 Å². The van der Waals surface area contributed by atoms with Crippen molar-refractivity contribution >= 4 is 39.1 Å². The van der Waals surface area contributed by atoms with Gasteiger partial charge in [-0.05, 0) is 55.2 Å². The van der Waals surface area contributed by atoms with E-state index in [1.54, 1.807) is 18.2 Å². The molecule has 1 aliphatic heterocycles. The smallest absolute Gasteiger partial charge is 0.224 e. The van der Waals surface area contributed by atoms with Crippen molar-refractivity contribution in [1.29, 1.82) is 0 Å². The molecule has 168 valence electrons. The maximum absolute atomic E-state index is 12.9. The topological polar surface area (TPSA) is 75.7 Å². The highest BCUT2D eigenvalue weighted by molar-refractivity contribution is 7.88. The molecule has 2 aromatic rings. The Kier molecular flexibility index (Phi) is 8.22. The number of amides is 1. The minimum Gasteiger partial charge on any atom is -0.492 e. The Morgan fingerprint density at radius 2 is 2.00 bits per heavy atom. The van der Waals surface area contributed by atoms with Crippen molar-refractivity contribution in [3.63, 3.8) is 0 Å². The van der Waals surface area contributed by atoms with Crippen LogP contribution in [0.15, 0.2) is 42.5 Å². The minimum absolute atomic E-state index is 0.151. The summed E-state index contributed by atoms with van der Waals surface area (Å²) in [6.45, 7) is 3.28. The van der Waals surface area contributed by atoms with E-state index in [2.05, 4.69) is 5.32 Å². The van der Waals surface area contributed by atoms with Gasteiger partial charge in [0.05, 0.1) is 28.3 Å². The van der Waals surface area contributed by atoms with Crippen molar-refractivity contribution in [3.8, 4) is 5.75 Å². The molecule has 3 rings (SSSR count). The molecule has 1 heterocycles. The number of nitrogens with one attached hydrogen (secondary N) is 1. The molecule has 1 atom stereocenters. The normalized spacial score (nSPS) is 17.3. The molecule has 0 saturated carbocycles. The van der Waals surface area contributed by atoms with Gasteiger partial charge in [-0.1, -0.05) is 41.4 Å². The molecule has 1 amide bonds. The first-order valence-electron chi connectivity index (χ1n) is 10.1. The lowest BCUT2D eigenvalue weighted by Gasteiger charge is -2.31. The van der Waals surface area contributed by atoms with E-state index in [0.29, 0.717) is 48.1 Å². The SMILES string of the molecule is Cc1cccc(OCCNC(=O)[C@H]2CCCN(S(=O)(=O)Cc3ccc(Cl)c(Cl)c3)C2)c1. The molecule has 6 nitrogen and oxygen atoms in total. The molecular weight excluding hydrogens is 459 g/mol. The van der Waals surface area contributed by atoms with Crippen LogP contribution in [0.25, 0.3) is 0 Å². The maximum Gasteiger partial charge on any atom is 0.224 e. The fourth-order valence-corrected chi connectivity index (χ4v) is 5.45. The van der Waals surface area contributed by atoms with E-state index in [0.717, 1.165) is 11.3 Å². The van der Waals surface area contributed by atoms with Crippen LogP contribution in [0.2, 0.25) is 10.0 Å². The Bertz CT molecular complexity index is 1030. The lowest BCUT2D eigenvalue weighted by Crippen LogP contribution is -2.46. The Morgan fingerprint density at radius 1 is 1.19 bits per heavy atom. The molecule has 31 heavy (non-hydrogen) atoms. The molecule has 0 aromatic heterocycles. The first kappa shape index (κ1) is 23.9. The second-order valence-corrected chi connectivity index (χ2v) is 10.4. The zero-order chi connectivity index (χ0) is 22.4. The van der Waals surface area contributed by atoms with Crippen LogP contribution in [0.5, 0.6) is 5.75 Å². The van der Waals surface area contributed by atoms with Crippen LogP contribution < -0.4 is 10.1 Å². The molecule has 1 saturated heterocycles. The summed E-state index contributed by atoms with van der Waals surface area (Å²) >= 11 is 11.9. The minimum atomic E-state index is -3.57. The summed E-state index contributed by atoms with van der Waals surface area (Å²) in [6, 6.07) is 12.5. The highest BCUT2D eigenvalue weighted by atomic mass is 35.5. The van der Waals surface area contributed by atoms with E-state index in [-0.39, 0.29) is 24.1 Å². The molecule has 1 N–H and O–H groups in total. The molecule has 0 bridgehead atoms. The highest BCUT2D eigenvalue weighted by Gasteiger charge is 2.32. The number of piperidine rings is 1. The number of ether oxygens (including phenoxy) is 1. The molecule has 0 unspecified atom stereocenters. The van der Waals surface area contributed by atoms with Crippen LogP contribution in [-0.4, -0.2) is 44.9 Å². The number of carbonyl (C=O) groups excluding carboxylic acids is 1. The average Bonchev–Trinajstić information content (AvgIpc) is 2.74. The van der Waals surface area contributed by atoms with E-state index in [4.69, 9.17) is 27.9 Å². The number of carbonyl (C=O) groups is 1. The predicted molar refractivity (Wildman–Crippen MR) is 123 cm³/mol. The molecule has 1 fully saturated rings. The Hall–Kier alpha value is -1.80. The van der Waals surface area contributed by atoms with E-state index < -0.39 is 10.0 Å². The van der Waals surface area contributed by atoms with Crippen LogP contribution >= 0.6 is 23.2 Å². The number of halogens is 2. The van der Waals surface area contributed by atoms with Crippen molar-refractivity contribution in [2.24, 2.45) is 5.92 Å². The first-order chi connectivity index (χ1) is 14.7. The molecular formula is C22H26Cl2N2O4S. The maximum atomic E-state index is 12.9. The zero-order valence-electron chi connectivity index (χ0n) is 17.3. The summed E-state index contributed by atoms with van der Waals surface area (Å²) < 4.78 is 32.8. The zero-order valence-corrected chi connectivity index (χ0v) is 19.6. The third-order valence-electron chi connectivity index (χ3n) is 5.14. The van der Waals surface area contributed by atoms with E-state index >= 15 is 0 Å². The van der Waals surface area contributed by atoms with Gasteiger partial charge in [-0.15, -0.1) is 0 Å². The van der Waals surface area contributed by atoms with Crippen molar-refractivity contribution in [2.75, 3.05) is 26.2 Å². The van der Waals surface area contributed by atoms with E-state index in [1.807, 2.05) is 31.2 Å². The third-order valence-corrected chi connectivity index (χ3v) is 7.70. The van der Waals surface area contributed by atoms with Gasteiger partial charge in [0.2, 0.25) is 15.9 Å². The molecule has 0 radical (unpaired) electrons. The standard InChI is InChI=1S/C22H26Cl2N2O4S/c1-16-4-2-6-19(12-16)30-11-9-25-22(27)18-5-3-10-26(14-18)31(28,29)15-17-7-8-20(23)21(24)13-17/h2,4,6-8,12-13,18H,3,5,9-11,14-15H2,1H3,(H,25,27)/t18-/m0/s1. The van der Waals surface area contributed by atoms with Crippen LogP contribution in [-0.2, 0) is 20.6 Å². The van der Waals surface area contributed by atoms with Gasteiger partial charge in [0.1, 0.15) is 12.4 Å². The molecule has 0 spiro atoms. The van der Waals surface area contributed by atoms with Gasteiger partial charge in [0.15, 0.2) is 0 Å². The highest BCUT2D eigenvalue weighted by Crippen LogP contribution is 2.26. The second kappa shape index (κ2) is 10.7. The van der Waals surface area contributed by atoms with Gasteiger partial charge in [0, 0.05) is 13.1 Å². The summed E-state index contributed by atoms with van der Waals surface area (Å²) in [4.78, 5) is 12.6. The van der Waals surface area contributed by atoms with Crippen molar-refractivity contribution in [1.82, 2.24) is 9.62 Å². The average molecular weight is 485 g/mol. The number of aryl methyl sites for hydroxylation is 1. The Morgan fingerprint density at radius 3 is 2.74 bits per heavy atom. The largest absolute Gasteiger partial charge is 0.492 e. The molecule has 9 heteroatoms. The van der Waals surface area contributed by atoms with Gasteiger partial charge < -0.3 is 10.1 Å². The monoisotopic (exact) mass is 484 g/mol. The summed E-state index contributed by atoms with van der Waals surface area (Å²) in [7, 11) is -3.57. The molecule has 1 aliphatic rings. The molecule has 0 aliphatic carbocycles. The number of benzene rings is 2. The van der Waals surface area contributed by atoms with Crippen LogP contribution in [0, 0.1) is 12.8 Å². The third kappa shape index (κ3) is 6.84. The van der Waals surface area contributed by atoms with Crippen molar-refractivity contribution < 1.29 is 17.9 Å². The van der Waals surface area contributed by atoms with Crippen LogP contribution in [0.1, 0.15) is 24.0 Å². The van der Waals surface area contributed by atoms with Crippen molar-refractivity contribution in [2.45, 2.75) is 25.5 Å². The number of sulfonamides is 1. The fourth-order valence-electron chi connectivity index (χ4n) is 3.53. The summed E-state index contributed by atoms with van der Waals surface area (Å²) in [5.41, 5.74) is 1.67. The quantitative estimate of drug-likeness (QED) is 0.573. The lowest BCUT2D eigenvalue weighted by atomic mass is 9.99. The Balaban J connectivity index is 1.50. The van der Waals surface area contributed by atoms with Crippen LogP contribution in [0.4, 0.5) is 0 Å². The van der Waals surface area contributed by atoms with Gasteiger partial charge >= 0.3 is 0 Å². The van der Waals surface area contributed by atoms with Gasteiger partial charge in [-0.3, -0.25) is 4.79 Å². The number of hydrogen-bond donors (Lipinski definition) is 1. The number of nitrogens with zero attached hydrogens (tertiary/aromatic N) is 1. The number of rotatable bonds is 8. The molecule has 2 aromatic carbocycles. The van der Waals surface area contributed by atoms with E-state index in [9.17, 15) is 13.2 Å². The lowest BCUT2D eigenvalue weighted by molar-refractivity contribution is -0.126. The fraction of sp³-hybridized carbons (Fsp3) is 0.409. The summed E-state index contributed by atoms with van der Waals surface area (Å²) in [6.07, 6.45) is 1.29. The first-order valence-corrected chi connectivity index (χ1v) is 12.5. The summed E-state index contributed by atoms with van der Waals surface area (Å²) in [5, 5.41) is 3.55.